The maximum atomic E-state index is 10.9. The zero-order valence-electron chi connectivity index (χ0n) is 8.75. The highest BCUT2D eigenvalue weighted by Crippen LogP contribution is 2.18. The minimum absolute atomic E-state index is 0.0156. The van der Waals surface area contributed by atoms with E-state index in [1.165, 1.54) is 12.1 Å². The van der Waals surface area contributed by atoms with Crippen LogP contribution < -0.4 is 0 Å². The van der Waals surface area contributed by atoms with Gasteiger partial charge in [-0.3, -0.25) is 10.1 Å². The number of non-ortho nitro benzene ring substituents is 1. The van der Waals surface area contributed by atoms with E-state index >= 15 is 0 Å². The van der Waals surface area contributed by atoms with Crippen LogP contribution in [-0.2, 0) is 11.3 Å². The zero-order valence-corrected chi connectivity index (χ0v) is 8.75. The number of hydrogen-bond donors (Lipinski definition) is 1. The van der Waals surface area contributed by atoms with Gasteiger partial charge in [0.25, 0.3) is 5.69 Å². The van der Waals surface area contributed by atoms with Crippen LogP contribution >= 0.6 is 0 Å². The Hall–Kier alpha value is -2.39. The van der Waals surface area contributed by atoms with Gasteiger partial charge in [-0.05, 0) is 11.6 Å². The number of carbonyl (C=O) groups is 1. The van der Waals surface area contributed by atoms with Crippen LogP contribution in [0.3, 0.4) is 0 Å². The van der Waals surface area contributed by atoms with E-state index in [1.807, 2.05) is 0 Å². The lowest BCUT2D eigenvalue weighted by molar-refractivity contribution is -0.385. The first-order valence-corrected chi connectivity index (χ1v) is 4.58. The molecular formula is C11H9NO5. The van der Waals surface area contributed by atoms with E-state index in [4.69, 9.17) is 16.3 Å². The molecule has 0 aromatic heterocycles. The van der Waals surface area contributed by atoms with Crippen molar-refractivity contribution in [2.24, 2.45) is 0 Å². The number of nitrogens with zero attached hydrogens (tertiary/aromatic N) is 1. The molecule has 0 amide bonds. The number of nitro benzene ring substituents is 1. The molecule has 0 radical (unpaired) electrons. The van der Waals surface area contributed by atoms with Gasteiger partial charge in [-0.15, -0.1) is 6.42 Å². The molecule has 17 heavy (non-hydrogen) atoms. The molecule has 0 unspecified atom stereocenters. The van der Waals surface area contributed by atoms with Crippen molar-refractivity contribution in [1.29, 1.82) is 0 Å². The summed E-state index contributed by atoms with van der Waals surface area (Å²) < 4.78 is 4.97. The molecule has 0 fully saturated rings. The van der Waals surface area contributed by atoms with Crippen LogP contribution in [0.5, 0.6) is 0 Å². The maximum absolute atomic E-state index is 10.9. The molecule has 0 aliphatic rings. The number of terminal acetylenes is 1. The minimum Gasteiger partial charge on any atom is -0.478 e. The Balaban J connectivity index is 3.03. The zero-order chi connectivity index (χ0) is 12.8. The van der Waals surface area contributed by atoms with Crippen molar-refractivity contribution in [1.82, 2.24) is 0 Å². The molecule has 6 heteroatoms. The fourth-order valence-corrected chi connectivity index (χ4v) is 1.24. The van der Waals surface area contributed by atoms with Crippen molar-refractivity contribution in [2.45, 2.75) is 6.61 Å². The van der Waals surface area contributed by atoms with Gasteiger partial charge < -0.3 is 9.84 Å². The van der Waals surface area contributed by atoms with Crippen LogP contribution in [0.15, 0.2) is 18.2 Å². The van der Waals surface area contributed by atoms with Crippen LogP contribution in [0, 0.1) is 22.5 Å². The lowest BCUT2D eigenvalue weighted by Gasteiger charge is -2.05. The highest BCUT2D eigenvalue weighted by molar-refractivity contribution is 5.89. The van der Waals surface area contributed by atoms with Crippen molar-refractivity contribution < 1.29 is 19.6 Å². The number of hydrogen-bond acceptors (Lipinski definition) is 4. The first-order chi connectivity index (χ1) is 8.06. The number of benzene rings is 1. The second-order valence-electron chi connectivity index (χ2n) is 3.10. The second-order valence-corrected chi connectivity index (χ2v) is 3.10. The Morgan fingerprint density at radius 2 is 2.29 bits per heavy atom. The van der Waals surface area contributed by atoms with Crippen LogP contribution in [0.25, 0.3) is 0 Å². The van der Waals surface area contributed by atoms with Gasteiger partial charge in [-0.2, -0.15) is 0 Å². The van der Waals surface area contributed by atoms with Gasteiger partial charge in [0.1, 0.15) is 6.61 Å². The highest BCUT2D eigenvalue weighted by atomic mass is 16.6. The van der Waals surface area contributed by atoms with E-state index < -0.39 is 10.9 Å². The van der Waals surface area contributed by atoms with E-state index in [9.17, 15) is 14.9 Å². The summed E-state index contributed by atoms with van der Waals surface area (Å²) in [7, 11) is 0. The summed E-state index contributed by atoms with van der Waals surface area (Å²) in [5.41, 5.74) is 0.00359. The molecule has 0 aliphatic heterocycles. The normalized spacial score (nSPS) is 9.59. The minimum atomic E-state index is -1.17. The molecule has 6 nitrogen and oxygen atoms in total. The summed E-state index contributed by atoms with van der Waals surface area (Å²) in [6.45, 7) is -0.0603. The quantitative estimate of drug-likeness (QED) is 0.361. The van der Waals surface area contributed by atoms with Gasteiger partial charge in [-0.25, -0.2) is 4.79 Å². The summed E-state index contributed by atoms with van der Waals surface area (Å²) >= 11 is 0. The fourth-order valence-electron chi connectivity index (χ4n) is 1.24. The Morgan fingerprint density at radius 3 is 2.82 bits per heavy atom. The molecule has 1 N–H and O–H groups in total. The number of aromatic carboxylic acids is 1. The summed E-state index contributed by atoms with van der Waals surface area (Å²) in [4.78, 5) is 20.8. The predicted octanol–water partition coefficient (Wildman–Crippen LogP) is 1.44. The lowest BCUT2D eigenvalue weighted by atomic mass is 10.1. The molecule has 1 aromatic carbocycles. The number of carboxylic acid groups (broad SMARTS) is 1. The van der Waals surface area contributed by atoms with Gasteiger partial charge >= 0.3 is 5.97 Å². The Labute approximate surface area is 97.0 Å². The molecule has 0 saturated carbocycles. The van der Waals surface area contributed by atoms with E-state index in [2.05, 4.69) is 5.92 Å². The van der Waals surface area contributed by atoms with Gasteiger partial charge in [0.2, 0.25) is 0 Å². The molecule has 0 saturated heterocycles. The average Bonchev–Trinajstić information content (AvgIpc) is 2.28. The van der Waals surface area contributed by atoms with E-state index in [1.54, 1.807) is 0 Å². The molecule has 88 valence electrons. The Morgan fingerprint density at radius 1 is 1.59 bits per heavy atom. The van der Waals surface area contributed by atoms with Gasteiger partial charge in [-0.1, -0.05) is 5.92 Å². The standard InChI is InChI=1S/C11H9NO5/c1-2-5-17-7-8-6-9(12(15)16)3-4-10(8)11(13)14/h1,3-4,6H,5,7H2,(H,13,14). The third kappa shape index (κ3) is 3.29. The SMILES string of the molecule is C#CCOCc1cc([N+](=O)[O-])ccc1C(=O)O. The fraction of sp³-hybridized carbons (Fsp3) is 0.182. The van der Waals surface area contributed by atoms with E-state index in [-0.39, 0.29) is 30.0 Å². The van der Waals surface area contributed by atoms with Crippen molar-refractivity contribution in [3.05, 3.63) is 39.4 Å². The first kappa shape index (κ1) is 12.7. The molecule has 0 heterocycles. The monoisotopic (exact) mass is 235 g/mol. The van der Waals surface area contributed by atoms with Gasteiger partial charge in [0.05, 0.1) is 17.1 Å². The lowest BCUT2D eigenvalue weighted by Crippen LogP contribution is -2.05. The first-order valence-electron chi connectivity index (χ1n) is 4.58. The van der Waals surface area contributed by atoms with Crippen molar-refractivity contribution in [2.75, 3.05) is 6.61 Å². The number of rotatable bonds is 5. The largest absolute Gasteiger partial charge is 0.478 e. The van der Waals surface area contributed by atoms with Gasteiger partial charge in [0, 0.05) is 12.1 Å². The van der Waals surface area contributed by atoms with E-state index in [0.717, 1.165) is 6.07 Å². The third-order valence-electron chi connectivity index (χ3n) is 1.97. The topological polar surface area (TPSA) is 89.7 Å². The summed E-state index contributed by atoms with van der Waals surface area (Å²) in [6.07, 6.45) is 4.97. The number of nitro groups is 1. The van der Waals surface area contributed by atoms with E-state index in [0.29, 0.717) is 0 Å². The van der Waals surface area contributed by atoms with Crippen LogP contribution in [0.1, 0.15) is 15.9 Å². The third-order valence-corrected chi connectivity index (χ3v) is 1.97. The Bertz CT molecular complexity index is 489. The number of ether oxygens (including phenoxy) is 1. The van der Waals surface area contributed by atoms with Crippen LogP contribution in [-0.4, -0.2) is 22.6 Å². The van der Waals surface area contributed by atoms with Crippen molar-refractivity contribution in [3.8, 4) is 12.3 Å². The van der Waals surface area contributed by atoms with Crippen LogP contribution in [0.2, 0.25) is 0 Å². The van der Waals surface area contributed by atoms with Gasteiger partial charge in [0.15, 0.2) is 0 Å². The van der Waals surface area contributed by atoms with Crippen molar-refractivity contribution >= 4 is 11.7 Å². The molecule has 1 rings (SSSR count). The smallest absolute Gasteiger partial charge is 0.336 e. The molecule has 0 aliphatic carbocycles. The molecule has 1 aromatic rings. The summed E-state index contributed by atoms with van der Waals surface area (Å²) in [5, 5.41) is 19.4. The molecule has 0 spiro atoms. The second kappa shape index (κ2) is 5.63. The van der Waals surface area contributed by atoms with Crippen molar-refractivity contribution in [3.63, 3.8) is 0 Å². The molecule has 0 bridgehead atoms. The Kier molecular flexibility index (Phi) is 4.20. The molecular weight excluding hydrogens is 226 g/mol. The highest BCUT2D eigenvalue weighted by Gasteiger charge is 2.15. The average molecular weight is 235 g/mol. The van der Waals surface area contributed by atoms with Crippen LogP contribution in [0.4, 0.5) is 5.69 Å². The summed E-state index contributed by atoms with van der Waals surface area (Å²) in [6, 6.07) is 3.48. The molecule has 0 atom stereocenters. The number of carboxylic acids is 1. The maximum Gasteiger partial charge on any atom is 0.336 e. The predicted molar refractivity (Wildman–Crippen MR) is 58.5 cm³/mol. The summed E-state index contributed by atoms with van der Waals surface area (Å²) in [5.74, 6) is 1.05.